The number of hydrogen-bond acceptors (Lipinski definition) is 3. The Hall–Kier alpha value is -0.410. The number of ether oxygens (including phenoxy) is 2. The van der Waals surface area contributed by atoms with Crippen molar-refractivity contribution in [3.8, 4) is 0 Å². The summed E-state index contributed by atoms with van der Waals surface area (Å²) in [6.45, 7) is 3.58. The van der Waals surface area contributed by atoms with Crippen LogP contribution in [0.3, 0.4) is 0 Å². The highest BCUT2D eigenvalue weighted by Gasteiger charge is 2.01. The molecule has 120 valence electrons. The lowest BCUT2D eigenvalue weighted by Crippen LogP contribution is -2.11. The smallest absolute Gasteiger partial charge is 0.158 e. The van der Waals surface area contributed by atoms with Crippen LogP contribution < -0.4 is 0 Å². The van der Waals surface area contributed by atoms with Crippen LogP contribution in [0.25, 0.3) is 0 Å². The van der Waals surface area contributed by atoms with Crippen LogP contribution in [0.1, 0.15) is 77.6 Å². The van der Waals surface area contributed by atoms with Gasteiger partial charge >= 0.3 is 0 Å². The molecule has 0 aromatic heterocycles. The van der Waals surface area contributed by atoms with Gasteiger partial charge < -0.3 is 9.47 Å². The van der Waals surface area contributed by atoms with Crippen molar-refractivity contribution in [2.75, 3.05) is 26.9 Å². The molecule has 3 nitrogen and oxygen atoms in total. The lowest BCUT2D eigenvalue weighted by Gasteiger charge is -2.04. The van der Waals surface area contributed by atoms with Gasteiger partial charge in [0, 0.05) is 13.5 Å². The fraction of sp³-hybridized carbons (Fsp3) is 0.941. The molecular weight excluding hydrogens is 252 g/mol. The average Bonchev–Trinajstić information content (AvgIpc) is 2.45. The van der Waals surface area contributed by atoms with Crippen LogP contribution >= 0.6 is 0 Å². The minimum Gasteiger partial charge on any atom is -0.382 e. The van der Waals surface area contributed by atoms with Crippen LogP contribution in [0.5, 0.6) is 0 Å². The molecule has 0 unspecified atom stereocenters. The summed E-state index contributed by atoms with van der Waals surface area (Å²) in [6.07, 6.45) is 13.7. The fourth-order valence-corrected chi connectivity index (χ4v) is 2.21. The average molecular weight is 286 g/mol. The number of carbonyl (C=O) groups is 1. The molecular formula is C17H34O3. The molecule has 0 N–H and O–H groups in total. The molecule has 0 aliphatic rings. The lowest BCUT2D eigenvalue weighted by molar-refractivity contribution is -0.124. The number of ketones is 1. The Balaban J connectivity index is 3.09. The fourth-order valence-electron chi connectivity index (χ4n) is 2.21. The Morgan fingerprint density at radius 2 is 1.35 bits per heavy atom. The summed E-state index contributed by atoms with van der Waals surface area (Å²) in [5.74, 6) is 0.223. The summed E-state index contributed by atoms with van der Waals surface area (Å²) in [4.78, 5) is 11.5. The molecule has 0 bridgehead atoms. The molecule has 0 aliphatic carbocycles. The Bertz CT molecular complexity index is 204. The summed E-state index contributed by atoms with van der Waals surface area (Å²) >= 11 is 0. The molecule has 0 spiro atoms. The normalized spacial score (nSPS) is 10.9. The Morgan fingerprint density at radius 1 is 0.800 bits per heavy atom. The standard InChI is InChI=1S/C17H34O3/c1-3-4-5-6-7-8-9-10-11-12-13-17(18)16-20-15-14-19-2/h3-16H2,1-2H3. The van der Waals surface area contributed by atoms with Crippen molar-refractivity contribution in [3.63, 3.8) is 0 Å². The van der Waals surface area contributed by atoms with Crippen LogP contribution in [-0.2, 0) is 14.3 Å². The largest absolute Gasteiger partial charge is 0.382 e. The molecule has 0 atom stereocenters. The second kappa shape index (κ2) is 16.6. The predicted octanol–water partition coefficient (Wildman–Crippen LogP) is 4.53. The number of unbranched alkanes of at least 4 members (excludes halogenated alkanes) is 9. The molecule has 0 aliphatic heterocycles. The predicted molar refractivity (Wildman–Crippen MR) is 84.2 cm³/mol. The summed E-state index contributed by atoms with van der Waals surface area (Å²) in [5, 5.41) is 0. The quantitative estimate of drug-likeness (QED) is 0.391. The summed E-state index contributed by atoms with van der Waals surface area (Å²) in [7, 11) is 1.63. The molecule has 20 heavy (non-hydrogen) atoms. The van der Waals surface area contributed by atoms with Gasteiger partial charge in [-0.25, -0.2) is 0 Å². The lowest BCUT2D eigenvalue weighted by atomic mass is 10.1. The van der Waals surface area contributed by atoms with Crippen molar-refractivity contribution < 1.29 is 14.3 Å². The SMILES string of the molecule is CCCCCCCCCCCCC(=O)COCCOC. The van der Waals surface area contributed by atoms with Crippen molar-refractivity contribution in [2.45, 2.75) is 77.6 Å². The van der Waals surface area contributed by atoms with Gasteiger partial charge in [-0.3, -0.25) is 4.79 Å². The summed E-state index contributed by atoms with van der Waals surface area (Å²) in [5.41, 5.74) is 0. The highest BCUT2D eigenvalue weighted by Crippen LogP contribution is 2.11. The van der Waals surface area contributed by atoms with Gasteiger partial charge in [-0.1, -0.05) is 64.7 Å². The monoisotopic (exact) mass is 286 g/mol. The minimum atomic E-state index is 0.223. The van der Waals surface area contributed by atoms with Crippen LogP contribution in [0.4, 0.5) is 0 Å². The highest BCUT2D eigenvalue weighted by molar-refractivity contribution is 5.79. The molecule has 3 heteroatoms. The van der Waals surface area contributed by atoms with Crippen LogP contribution in [0.15, 0.2) is 0 Å². The topological polar surface area (TPSA) is 35.5 Å². The first-order chi connectivity index (χ1) is 9.81. The van der Waals surface area contributed by atoms with Crippen molar-refractivity contribution in [2.24, 2.45) is 0 Å². The number of rotatable bonds is 16. The third kappa shape index (κ3) is 15.6. The van der Waals surface area contributed by atoms with Crippen LogP contribution in [0, 0.1) is 0 Å². The van der Waals surface area contributed by atoms with Crippen LogP contribution in [0.2, 0.25) is 0 Å². The van der Waals surface area contributed by atoms with E-state index in [0.717, 1.165) is 6.42 Å². The van der Waals surface area contributed by atoms with Gasteiger partial charge in [-0.05, 0) is 6.42 Å². The molecule has 0 rings (SSSR count). The first kappa shape index (κ1) is 19.6. The van der Waals surface area contributed by atoms with E-state index in [-0.39, 0.29) is 12.4 Å². The molecule has 0 aromatic carbocycles. The van der Waals surface area contributed by atoms with E-state index in [0.29, 0.717) is 19.6 Å². The first-order valence-corrected chi connectivity index (χ1v) is 8.39. The first-order valence-electron chi connectivity index (χ1n) is 8.39. The van der Waals surface area contributed by atoms with Gasteiger partial charge in [0.1, 0.15) is 6.61 Å². The van der Waals surface area contributed by atoms with E-state index in [1.54, 1.807) is 7.11 Å². The highest BCUT2D eigenvalue weighted by atomic mass is 16.5. The van der Waals surface area contributed by atoms with Gasteiger partial charge in [-0.2, -0.15) is 0 Å². The number of hydrogen-bond donors (Lipinski definition) is 0. The van der Waals surface area contributed by atoms with E-state index >= 15 is 0 Å². The van der Waals surface area contributed by atoms with E-state index in [4.69, 9.17) is 9.47 Å². The van der Waals surface area contributed by atoms with Gasteiger partial charge in [0.05, 0.1) is 13.2 Å². The minimum absolute atomic E-state index is 0.223. The van der Waals surface area contributed by atoms with E-state index in [1.807, 2.05) is 0 Å². The Morgan fingerprint density at radius 3 is 1.90 bits per heavy atom. The van der Waals surface area contributed by atoms with E-state index in [2.05, 4.69) is 6.92 Å². The zero-order valence-corrected chi connectivity index (χ0v) is 13.6. The maximum Gasteiger partial charge on any atom is 0.158 e. The van der Waals surface area contributed by atoms with Crippen molar-refractivity contribution in [1.29, 1.82) is 0 Å². The molecule has 0 saturated carbocycles. The van der Waals surface area contributed by atoms with Crippen molar-refractivity contribution >= 4 is 5.78 Å². The van der Waals surface area contributed by atoms with Gasteiger partial charge in [0.25, 0.3) is 0 Å². The van der Waals surface area contributed by atoms with Gasteiger partial charge in [0.2, 0.25) is 0 Å². The zero-order valence-electron chi connectivity index (χ0n) is 13.6. The third-order valence-electron chi connectivity index (χ3n) is 3.50. The van der Waals surface area contributed by atoms with E-state index in [9.17, 15) is 4.79 Å². The number of carbonyl (C=O) groups excluding carboxylic acids is 1. The maximum absolute atomic E-state index is 11.5. The summed E-state index contributed by atoms with van der Waals surface area (Å²) < 4.78 is 10.1. The molecule has 0 amide bonds. The zero-order chi connectivity index (χ0) is 14.9. The van der Waals surface area contributed by atoms with Crippen LogP contribution in [-0.4, -0.2) is 32.7 Å². The van der Waals surface area contributed by atoms with E-state index in [1.165, 1.54) is 57.8 Å². The van der Waals surface area contributed by atoms with Gasteiger partial charge in [-0.15, -0.1) is 0 Å². The maximum atomic E-state index is 11.5. The van der Waals surface area contributed by atoms with Crippen molar-refractivity contribution in [1.82, 2.24) is 0 Å². The number of Topliss-reactive ketones (excluding diaryl/α,β-unsaturated/α-hetero) is 1. The van der Waals surface area contributed by atoms with Gasteiger partial charge in [0.15, 0.2) is 5.78 Å². The second-order valence-electron chi connectivity index (χ2n) is 5.52. The number of methoxy groups -OCH3 is 1. The molecule has 0 radical (unpaired) electrons. The summed E-state index contributed by atoms with van der Waals surface area (Å²) in [6, 6.07) is 0. The Labute approximate surface area is 125 Å². The molecule has 0 saturated heterocycles. The molecule has 0 aromatic rings. The van der Waals surface area contributed by atoms with Crippen molar-refractivity contribution in [3.05, 3.63) is 0 Å². The Kier molecular flexibility index (Phi) is 16.3. The second-order valence-corrected chi connectivity index (χ2v) is 5.52. The third-order valence-corrected chi connectivity index (χ3v) is 3.50. The molecule has 0 fully saturated rings. The molecule has 0 heterocycles. The van der Waals surface area contributed by atoms with E-state index < -0.39 is 0 Å².